The maximum Gasteiger partial charge on any atom is 0.0473 e. The molecule has 2 nitrogen and oxygen atoms in total. The maximum absolute atomic E-state index is 6.27. The van der Waals surface area contributed by atoms with Gasteiger partial charge in [0.05, 0.1) is 0 Å². The summed E-state index contributed by atoms with van der Waals surface area (Å²) in [7, 11) is 2.08. The molecule has 0 saturated heterocycles. The Morgan fingerprint density at radius 1 is 0.895 bits per heavy atom. The van der Waals surface area contributed by atoms with Crippen LogP contribution in [0.5, 0.6) is 0 Å². The third-order valence-corrected chi connectivity index (χ3v) is 3.45. The standard InChI is InChI=1S/C17H22N2/c1-13-4-8-15(9-5-13)17(18)12-19(3)16-10-6-14(2)7-11-16/h4-11,17H,12,18H2,1-3H3. The first-order chi connectivity index (χ1) is 9.06. The smallest absolute Gasteiger partial charge is 0.0473 e. The summed E-state index contributed by atoms with van der Waals surface area (Å²) >= 11 is 0. The molecule has 0 aromatic heterocycles. The van der Waals surface area contributed by atoms with E-state index in [9.17, 15) is 0 Å². The fourth-order valence-electron chi connectivity index (χ4n) is 2.12. The van der Waals surface area contributed by atoms with E-state index >= 15 is 0 Å². The van der Waals surface area contributed by atoms with Gasteiger partial charge in [-0.3, -0.25) is 0 Å². The van der Waals surface area contributed by atoms with E-state index in [0.717, 1.165) is 6.54 Å². The number of nitrogens with zero attached hydrogens (tertiary/aromatic N) is 1. The van der Waals surface area contributed by atoms with Crippen molar-refractivity contribution in [3.8, 4) is 0 Å². The second-order valence-corrected chi connectivity index (χ2v) is 5.23. The number of nitrogens with two attached hydrogens (primary N) is 1. The van der Waals surface area contributed by atoms with E-state index in [1.54, 1.807) is 0 Å². The van der Waals surface area contributed by atoms with E-state index in [1.165, 1.54) is 22.4 Å². The molecular weight excluding hydrogens is 232 g/mol. The molecule has 0 amide bonds. The fourth-order valence-corrected chi connectivity index (χ4v) is 2.12. The molecule has 0 radical (unpaired) electrons. The molecule has 0 spiro atoms. The highest BCUT2D eigenvalue weighted by molar-refractivity contribution is 5.47. The summed E-state index contributed by atoms with van der Waals surface area (Å²) in [4.78, 5) is 2.20. The van der Waals surface area contributed by atoms with Crippen molar-refractivity contribution < 1.29 is 0 Å². The maximum atomic E-state index is 6.27. The van der Waals surface area contributed by atoms with Gasteiger partial charge in [-0.1, -0.05) is 47.5 Å². The first-order valence-corrected chi connectivity index (χ1v) is 6.66. The fraction of sp³-hybridized carbons (Fsp3) is 0.294. The van der Waals surface area contributed by atoms with Crippen LogP contribution in [0.3, 0.4) is 0 Å². The first-order valence-electron chi connectivity index (χ1n) is 6.66. The Balaban J connectivity index is 2.03. The molecule has 19 heavy (non-hydrogen) atoms. The van der Waals surface area contributed by atoms with Crippen molar-refractivity contribution in [2.45, 2.75) is 19.9 Å². The van der Waals surface area contributed by atoms with Gasteiger partial charge in [-0.05, 0) is 31.5 Å². The summed E-state index contributed by atoms with van der Waals surface area (Å²) in [5.74, 6) is 0. The summed E-state index contributed by atoms with van der Waals surface area (Å²) in [6.07, 6.45) is 0. The average Bonchev–Trinajstić information content (AvgIpc) is 2.40. The van der Waals surface area contributed by atoms with Crippen LogP contribution in [0.2, 0.25) is 0 Å². The number of aryl methyl sites for hydroxylation is 2. The molecule has 1 atom stereocenters. The van der Waals surface area contributed by atoms with Crippen molar-refractivity contribution in [3.63, 3.8) is 0 Å². The van der Waals surface area contributed by atoms with E-state index in [2.05, 4.69) is 74.3 Å². The number of hydrogen-bond acceptors (Lipinski definition) is 2. The molecule has 2 aromatic rings. The summed E-state index contributed by atoms with van der Waals surface area (Å²) in [5, 5.41) is 0. The molecule has 100 valence electrons. The summed E-state index contributed by atoms with van der Waals surface area (Å²) in [6, 6.07) is 17.0. The minimum atomic E-state index is 0.0342. The number of rotatable bonds is 4. The molecule has 0 saturated carbocycles. The van der Waals surface area contributed by atoms with Gasteiger partial charge in [-0.2, -0.15) is 0 Å². The SMILES string of the molecule is Cc1ccc(C(N)CN(C)c2ccc(C)cc2)cc1. The predicted octanol–water partition coefficient (Wildman–Crippen LogP) is 3.44. The summed E-state index contributed by atoms with van der Waals surface area (Å²) in [5.41, 5.74) is 11.2. The zero-order chi connectivity index (χ0) is 13.8. The van der Waals surface area contributed by atoms with Crippen LogP contribution in [0.1, 0.15) is 22.7 Å². The zero-order valence-corrected chi connectivity index (χ0v) is 11.9. The molecule has 0 bridgehead atoms. The highest BCUT2D eigenvalue weighted by atomic mass is 15.1. The summed E-state index contributed by atoms with van der Waals surface area (Å²) in [6.45, 7) is 5.00. The molecule has 2 rings (SSSR count). The molecule has 0 fully saturated rings. The van der Waals surface area contributed by atoms with E-state index in [4.69, 9.17) is 5.73 Å². The molecule has 1 unspecified atom stereocenters. The Bertz CT molecular complexity index is 464. The molecule has 0 aliphatic rings. The quantitative estimate of drug-likeness (QED) is 0.905. The monoisotopic (exact) mass is 254 g/mol. The van der Waals surface area contributed by atoms with Crippen molar-refractivity contribution in [1.82, 2.24) is 0 Å². The molecule has 0 heterocycles. The Morgan fingerprint density at radius 3 is 1.89 bits per heavy atom. The van der Waals surface area contributed by atoms with Gasteiger partial charge in [-0.25, -0.2) is 0 Å². The molecule has 2 heteroatoms. The minimum Gasteiger partial charge on any atom is -0.373 e. The van der Waals surface area contributed by atoms with E-state index < -0.39 is 0 Å². The van der Waals surface area contributed by atoms with Gasteiger partial charge >= 0.3 is 0 Å². The lowest BCUT2D eigenvalue weighted by molar-refractivity contribution is 0.703. The van der Waals surface area contributed by atoms with Gasteiger partial charge < -0.3 is 10.6 Å². The van der Waals surface area contributed by atoms with Crippen molar-refractivity contribution in [1.29, 1.82) is 0 Å². The van der Waals surface area contributed by atoms with Gasteiger partial charge in [0.15, 0.2) is 0 Å². The zero-order valence-electron chi connectivity index (χ0n) is 11.9. The minimum absolute atomic E-state index is 0.0342. The predicted molar refractivity (Wildman–Crippen MR) is 82.6 cm³/mol. The molecule has 0 aliphatic heterocycles. The van der Waals surface area contributed by atoms with Crippen molar-refractivity contribution in [2.75, 3.05) is 18.5 Å². The lowest BCUT2D eigenvalue weighted by Gasteiger charge is -2.24. The second kappa shape index (κ2) is 5.89. The number of anilines is 1. The highest BCUT2D eigenvalue weighted by Crippen LogP contribution is 2.18. The third kappa shape index (κ3) is 3.58. The van der Waals surface area contributed by atoms with Crippen LogP contribution in [-0.2, 0) is 0 Å². The molecule has 2 N–H and O–H groups in total. The Hall–Kier alpha value is -1.80. The van der Waals surface area contributed by atoms with Crippen molar-refractivity contribution in [2.24, 2.45) is 5.73 Å². The molecular formula is C17H22N2. The van der Waals surface area contributed by atoms with Gasteiger partial charge in [0, 0.05) is 25.3 Å². The Kier molecular flexibility index (Phi) is 4.23. The normalized spacial score (nSPS) is 12.2. The van der Waals surface area contributed by atoms with Gasteiger partial charge in [0.1, 0.15) is 0 Å². The lowest BCUT2D eigenvalue weighted by Crippen LogP contribution is -2.28. The first kappa shape index (κ1) is 13.6. The largest absolute Gasteiger partial charge is 0.373 e. The van der Waals surface area contributed by atoms with Crippen LogP contribution < -0.4 is 10.6 Å². The summed E-state index contributed by atoms with van der Waals surface area (Å²) < 4.78 is 0. The van der Waals surface area contributed by atoms with Crippen LogP contribution in [0.15, 0.2) is 48.5 Å². The number of benzene rings is 2. The van der Waals surface area contributed by atoms with Gasteiger partial charge in [0.25, 0.3) is 0 Å². The molecule has 2 aromatic carbocycles. The van der Waals surface area contributed by atoms with Crippen molar-refractivity contribution in [3.05, 3.63) is 65.2 Å². The van der Waals surface area contributed by atoms with Gasteiger partial charge in [0.2, 0.25) is 0 Å². The third-order valence-electron chi connectivity index (χ3n) is 3.45. The average molecular weight is 254 g/mol. The van der Waals surface area contributed by atoms with E-state index in [-0.39, 0.29) is 6.04 Å². The van der Waals surface area contributed by atoms with Crippen molar-refractivity contribution >= 4 is 5.69 Å². The Labute approximate surface area is 115 Å². The van der Waals surface area contributed by atoms with Gasteiger partial charge in [-0.15, -0.1) is 0 Å². The second-order valence-electron chi connectivity index (χ2n) is 5.23. The topological polar surface area (TPSA) is 29.3 Å². The van der Waals surface area contributed by atoms with Crippen LogP contribution in [0.25, 0.3) is 0 Å². The molecule has 0 aliphatic carbocycles. The number of likely N-dealkylation sites (N-methyl/N-ethyl adjacent to an activating group) is 1. The van der Waals surface area contributed by atoms with Crippen LogP contribution in [0.4, 0.5) is 5.69 Å². The van der Waals surface area contributed by atoms with Crippen LogP contribution in [-0.4, -0.2) is 13.6 Å². The van der Waals surface area contributed by atoms with E-state index in [1.807, 2.05) is 0 Å². The lowest BCUT2D eigenvalue weighted by atomic mass is 10.1. The number of hydrogen-bond donors (Lipinski definition) is 1. The highest BCUT2D eigenvalue weighted by Gasteiger charge is 2.09. The van der Waals surface area contributed by atoms with Crippen LogP contribution in [0, 0.1) is 13.8 Å². The van der Waals surface area contributed by atoms with Crippen LogP contribution >= 0.6 is 0 Å². The van der Waals surface area contributed by atoms with E-state index in [0.29, 0.717) is 0 Å². The Morgan fingerprint density at radius 2 is 1.37 bits per heavy atom.